The Morgan fingerprint density at radius 3 is 2.09 bits per heavy atom. The van der Waals surface area contributed by atoms with Gasteiger partial charge in [-0.3, -0.25) is 24.1 Å². The number of phenolic OH excluding ortho intramolecular Hbond substituents is 2. The second-order valence-corrected chi connectivity index (χ2v) is 37.4. The molecule has 0 radical (unpaired) electrons. The number of hydrogen-bond acceptors (Lipinski definition) is 24. The van der Waals surface area contributed by atoms with Gasteiger partial charge in [0.1, 0.15) is 72.9 Å². The van der Waals surface area contributed by atoms with Crippen molar-refractivity contribution in [3.63, 3.8) is 0 Å². The zero-order valence-corrected chi connectivity index (χ0v) is 77.9. The van der Waals surface area contributed by atoms with Crippen LogP contribution in [0.4, 0.5) is 4.79 Å². The van der Waals surface area contributed by atoms with Crippen LogP contribution in [-0.4, -0.2) is 213 Å². The third-order valence-electron chi connectivity index (χ3n) is 25.3. The number of amides is 2. The lowest BCUT2D eigenvalue weighted by molar-refractivity contribution is -0.302. The smallest absolute Gasteiger partial charge is 0.407 e. The van der Waals surface area contributed by atoms with Gasteiger partial charge in [0.2, 0.25) is 5.79 Å². The number of nitrogens with one attached hydrogen (secondary N) is 1. The van der Waals surface area contributed by atoms with Crippen molar-refractivity contribution in [2.75, 3.05) is 67.3 Å². The van der Waals surface area contributed by atoms with E-state index >= 15 is 0 Å². The Labute approximate surface area is 762 Å². The van der Waals surface area contributed by atoms with Gasteiger partial charge in [0.05, 0.1) is 55.1 Å². The Balaban J connectivity index is 0.000000201. The molecule has 7 aromatic rings. The fraction of sp³-hybridized carbons (Fsp3) is 0.525. The molecule has 15 atom stereocenters. The van der Waals surface area contributed by atoms with Crippen LogP contribution in [0.25, 0.3) is 25.4 Å². The number of aromatic nitrogens is 3. The third-order valence-corrected chi connectivity index (χ3v) is 26.5. The van der Waals surface area contributed by atoms with Crippen LogP contribution in [-0.2, 0) is 65.1 Å². The maximum Gasteiger partial charge on any atom is 0.407 e. The minimum Gasteiger partial charge on any atom is -0.508 e. The molecule has 27 nitrogen and oxygen atoms in total. The van der Waals surface area contributed by atoms with Gasteiger partial charge in [-0.05, 0) is 268 Å². The number of piperidine rings is 2. The monoisotopic (exact) mass is 1790 g/mol. The number of carbonyl (C=O) groups excluding carboxylic acids is 6. The normalized spacial score (nSPS) is 26.3. The van der Waals surface area contributed by atoms with E-state index in [-0.39, 0.29) is 79.0 Å². The van der Waals surface area contributed by atoms with Crippen LogP contribution >= 0.6 is 11.3 Å². The van der Waals surface area contributed by atoms with E-state index in [4.69, 9.17) is 44.5 Å². The minimum absolute atomic E-state index is 0.00988. The molecule has 1 aliphatic carbocycles. The summed E-state index contributed by atoms with van der Waals surface area (Å²) in [7, 11) is 4.61. The quantitative estimate of drug-likeness (QED) is 0.0128. The molecule has 694 valence electrons. The average molecular weight is 1790 g/mol. The van der Waals surface area contributed by atoms with Crippen molar-refractivity contribution >= 4 is 56.7 Å². The maximum absolute atomic E-state index is 14.3. The first kappa shape index (κ1) is 101. The van der Waals surface area contributed by atoms with Gasteiger partial charge < -0.3 is 78.5 Å². The lowest BCUT2D eigenvalue weighted by Gasteiger charge is -2.47. The number of esters is 1. The molecule has 13 rings (SSSR count). The summed E-state index contributed by atoms with van der Waals surface area (Å²) in [5, 5.41) is 70.7. The van der Waals surface area contributed by atoms with E-state index in [1.54, 1.807) is 80.5 Å². The zero-order valence-electron chi connectivity index (χ0n) is 77.0. The third kappa shape index (κ3) is 26.9. The highest BCUT2D eigenvalue weighted by atomic mass is 32.1. The molecule has 0 spiro atoms. The Kier molecular flexibility index (Phi) is 36.2. The number of phenols is 2. The van der Waals surface area contributed by atoms with Crippen LogP contribution in [0, 0.1) is 61.3 Å². The number of nitriles is 1. The van der Waals surface area contributed by atoms with Crippen molar-refractivity contribution < 1.29 is 92.2 Å². The number of allylic oxidation sites excluding steroid dienone is 4. The molecule has 2 aromatic heterocycles. The van der Waals surface area contributed by atoms with Gasteiger partial charge in [0.25, 0.3) is 17.2 Å². The molecule has 2 bridgehead atoms. The predicted octanol–water partition coefficient (Wildman–Crippen LogP) is 15.8. The SMILES string of the molecule is C=CC[C@H]1/C=C(/C)C[C@@H](C)C[C@@H](OC)[C@@H]2O[C@@](O)(C(=O)C(=O)N3CCCCC3C(=O)O[C@H](/C(C)=C/[C@@H]3CC[C@@H](O)[C@H](OC)C3)[C@H](C)[C@@H](O)CC1=O)[C@H](C)C[C@@H]2OC.Cc1cc(C)cc(OCC2CNC(=O)O2)c1.O=C(c1ccc(OCCN2CCCCC2)cc1)c1c(-c2ccc(O)cc2)sc2cc(O)ccc12.[C-]#[N+]C(C)(C)c1cc(Cn2cncn2)cc(C(C)(C)C#N)c1. The lowest BCUT2D eigenvalue weighted by Crippen LogP contribution is -2.64. The lowest BCUT2D eigenvalue weighted by atomic mass is 9.81. The fourth-order valence-corrected chi connectivity index (χ4v) is 19.0. The van der Waals surface area contributed by atoms with Crippen LogP contribution in [0.1, 0.15) is 196 Å². The molecular formula is C101H130N8O19S. The molecule has 2 amide bonds. The molecule has 6 aliphatic rings. The van der Waals surface area contributed by atoms with Crippen LogP contribution < -0.4 is 14.8 Å². The topological polar surface area (TPSA) is 355 Å². The number of ether oxygens (including phenoxy) is 8. The largest absolute Gasteiger partial charge is 0.508 e. The number of cyclic esters (lactones) is 2. The molecule has 5 aliphatic heterocycles. The van der Waals surface area contributed by atoms with E-state index in [9.17, 15) is 59.6 Å². The summed E-state index contributed by atoms with van der Waals surface area (Å²) in [5.41, 5.74) is 7.58. The predicted molar refractivity (Wildman–Crippen MR) is 492 cm³/mol. The first-order valence-corrected chi connectivity index (χ1v) is 45.7. The molecule has 4 saturated heterocycles. The number of rotatable bonds is 21. The van der Waals surface area contributed by atoms with Crippen LogP contribution in [0.15, 0.2) is 152 Å². The summed E-state index contributed by atoms with van der Waals surface area (Å²) in [5.74, 6) is -5.93. The minimum atomic E-state index is -2.51. The second kappa shape index (κ2) is 46.3. The van der Waals surface area contributed by atoms with E-state index in [1.165, 1.54) is 56.0 Å². The van der Waals surface area contributed by atoms with Gasteiger partial charge in [-0.15, -0.1) is 17.9 Å². The number of methoxy groups -OCH3 is 3. The number of aromatic hydroxyl groups is 2. The number of aryl methyl sites for hydroxylation is 2. The second-order valence-electron chi connectivity index (χ2n) is 36.4. The molecule has 2 unspecified atom stereocenters. The zero-order chi connectivity index (χ0) is 93.6. The Morgan fingerprint density at radius 2 is 1.45 bits per heavy atom. The first-order valence-electron chi connectivity index (χ1n) is 44.9. The van der Waals surface area contributed by atoms with Crippen molar-refractivity contribution in [3.8, 4) is 39.5 Å². The number of likely N-dealkylation sites (tertiary alicyclic amines) is 1. The number of nitrogens with zero attached hydrogens (tertiary/aromatic N) is 7. The number of carbonyl (C=O) groups is 6. The molecule has 5 aromatic carbocycles. The number of fused-ring (bicyclic) bond motifs is 4. The van der Waals surface area contributed by atoms with E-state index in [0.29, 0.717) is 94.4 Å². The Hall–Kier alpha value is -10.5. The summed E-state index contributed by atoms with van der Waals surface area (Å²) in [6.07, 6.45) is 11.4. The van der Waals surface area contributed by atoms with E-state index in [1.807, 2.05) is 129 Å². The van der Waals surface area contributed by atoms with E-state index in [0.717, 1.165) is 85.1 Å². The van der Waals surface area contributed by atoms with Gasteiger partial charge in [-0.2, -0.15) is 10.4 Å². The van der Waals surface area contributed by atoms with Crippen molar-refractivity contribution in [2.45, 2.75) is 244 Å². The van der Waals surface area contributed by atoms with Crippen LogP contribution in [0.2, 0.25) is 0 Å². The summed E-state index contributed by atoms with van der Waals surface area (Å²) < 4.78 is 48.8. The standard InChI is InChI=1S/C44H69NO12.C28H27NO4S.C17H19N5.C12H15NO3/c1-10-13-31-19-25(2)18-26(3)20-37(54-8)40-38(55-9)22-28(5)44(52,57-40)41(49)42(50)45-17-12-11-14-32(45)43(51)56-39(29(6)34(47)24-35(31)48)27(4)21-30-15-16-33(46)36(23-30)53-7;30-21-8-4-20(5-9-21)28-26(24-13-10-22(31)18-25(24)34-28)27(32)19-6-11-23(12-7-19)33-17-16-29-14-2-1-3-15-29;1-16(2,10-18)14-6-13(9-22-12-20-11-21-22)7-15(8-14)17(3,4)19-5;1-8-3-9(2)5-10(4-8)15-7-11-6-13-12(14)16-11/h10,19,21,26,28-34,36-40,46-47,52H,1,11-18,20,22-24H2,2-9H3;4-13,18,30-31H,1-3,14-17H2;6-8,11-12H,9H2,1-4H3;3-5,11H,6-7H2,1-2H3,(H,13,14)/b25-19-,27-21+;;;/t26-,28-,29-,30+,31+,32?,33-,34+,36-,37-,38+,39-,40+,44-;;;/m1.../s1. The molecule has 1 saturated carbocycles. The highest BCUT2D eigenvalue weighted by molar-refractivity contribution is 7.22. The summed E-state index contributed by atoms with van der Waals surface area (Å²) in [6, 6.07) is 32.4. The number of aliphatic hydroxyl groups excluding tert-OH is 2. The van der Waals surface area contributed by atoms with Crippen molar-refractivity contribution in [1.82, 2.24) is 29.9 Å². The molecule has 5 fully saturated rings. The number of Topliss-reactive ketones (excluding diaryl/α,β-unsaturated/α-hetero) is 2. The number of alkyl carbamates (subject to hydrolysis) is 1. The molecule has 7 heterocycles. The number of hydrogen-bond donors (Lipinski definition) is 6. The van der Waals surface area contributed by atoms with Crippen molar-refractivity contribution in [2.24, 2.45) is 29.6 Å². The van der Waals surface area contributed by atoms with Gasteiger partial charge >= 0.3 is 12.1 Å². The summed E-state index contributed by atoms with van der Waals surface area (Å²) >= 11 is 1.46. The molecule has 28 heteroatoms. The average Bonchev–Trinajstić information content (AvgIpc) is 1.45. The van der Waals surface area contributed by atoms with Gasteiger partial charge in [-0.1, -0.05) is 63.1 Å². The molecule has 129 heavy (non-hydrogen) atoms. The van der Waals surface area contributed by atoms with Crippen LogP contribution in [0.3, 0.4) is 0 Å². The number of ketones is 3. The highest BCUT2D eigenvalue weighted by Crippen LogP contribution is 2.44. The first-order chi connectivity index (χ1) is 61.5. The number of aliphatic hydroxyl groups is 3. The van der Waals surface area contributed by atoms with Crippen LogP contribution in [0.5, 0.6) is 23.0 Å². The Bertz CT molecular complexity index is 5060. The molecule has 6 N–H and O–H groups in total. The van der Waals surface area contributed by atoms with E-state index in [2.05, 4.69) is 43.9 Å². The highest BCUT2D eigenvalue weighted by Gasteiger charge is 2.57. The fourth-order valence-electron chi connectivity index (χ4n) is 17.7. The van der Waals surface area contributed by atoms with Gasteiger partial charge in [-0.25, -0.2) is 25.8 Å². The van der Waals surface area contributed by atoms with E-state index < -0.39 is 94.8 Å². The summed E-state index contributed by atoms with van der Waals surface area (Å²) in [4.78, 5) is 93.2. The number of thiophene rings is 1. The van der Waals surface area contributed by atoms with Gasteiger partial charge in [0, 0.05) is 104 Å². The maximum atomic E-state index is 14.3. The van der Waals surface area contributed by atoms with Crippen molar-refractivity contribution in [3.05, 3.63) is 202 Å². The van der Waals surface area contributed by atoms with Gasteiger partial charge in [0.15, 0.2) is 11.9 Å². The Morgan fingerprint density at radius 1 is 0.775 bits per heavy atom. The molecular weight excluding hydrogens is 1660 g/mol. The van der Waals surface area contributed by atoms with Crippen molar-refractivity contribution in [1.29, 1.82) is 5.26 Å². The summed E-state index contributed by atoms with van der Waals surface area (Å²) in [6.45, 7) is 37.5. The number of benzene rings is 5.